The van der Waals surface area contributed by atoms with E-state index in [0.29, 0.717) is 5.92 Å². The zero-order chi connectivity index (χ0) is 17.2. The van der Waals surface area contributed by atoms with Crippen LogP contribution in [0.15, 0.2) is 54.9 Å². The van der Waals surface area contributed by atoms with Crippen LogP contribution in [0.3, 0.4) is 0 Å². The third kappa shape index (κ3) is 3.27. The monoisotopic (exact) mass is 336 g/mol. The summed E-state index contributed by atoms with van der Waals surface area (Å²) >= 11 is 0. The van der Waals surface area contributed by atoms with Crippen LogP contribution in [0.5, 0.6) is 0 Å². The molecule has 4 rings (SSSR count). The number of hydrogen-bond acceptors (Lipinski definition) is 3. The summed E-state index contributed by atoms with van der Waals surface area (Å²) in [5, 5.41) is 0. The van der Waals surface area contributed by atoms with Gasteiger partial charge in [-0.3, -0.25) is 0 Å². The molecule has 5 heteroatoms. The number of pyridine rings is 1. The van der Waals surface area contributed by atoms with Gasteiger partial charge in [0.2, 0.25) is 0 Å². The smallest absolute Gasteiger partial charge is 0.128 e. The van der Waals surface area contributed by atoms with E-state index in [1.165, 1.54) is 12.1 Å². The Morgan fingerprint density at radius 1 is 1.08 bits per heavy atom. The molecule has 0 radical (unpaired) electrons. The molecule has 0 N–H and O–H groups in total. The molecule has 1 fully saturated rings. The van der Waals surface area contributed by atoms with Crippen LogP contribution in [0.25, 0.3) is 11.3 Å². The van der Waals surface area contributed by atoms with Crippen LogP contribution in [-0.4, -0.2) is 27.6 Å². The van der Waals surface area contributed by atoms with Gasteiger partial charge >= 0.3 is 0 Å². The molecule has 0 spiro atoms. The quantitative estimate of drug-likeness (QED) is 0.725. The number of halogens is 1. The summed E-state index contributed by atoms with van der Waals surface area (Å²) in [5.74, 6) is 2.32. The van der Waals surface area contributed by atoms with Crippen molar-refractivity contribution in [3.63, 3.8) is 0 Å². The van der Waals surface area contributed by atoms with Crippen molar-refractivity contribution in [2.24, 2.45) is 7.05 Å². The summed E-state index contributed by atoms with van der Waals surface area (Å²) in [6.07, 6.45) is 5.93. The lowest BCUT2D eigenvalue weighted by Crippen LogP contribution is -2.34. The predicted octanol–water partition coefficient (Wildman–Crippen LogP) is 4.01. The first-order chi connectivity index (χ1) is 12.2. The van der Waals surface area contributed by atoms with Crippen LogP contribution in [0, 0.1) is 5.82 Å². The average molecular weight is 336 g/mol. The van der Waals surface area contributed by atoms with E-state index in [1.54, 1.807) is 6.07 Å². The van der Waals surface area contributed by atoms with Crippen molar-refractivity contribution in [3.05, 3.63) is 66.5 Å². The van der Waals surface area contributed by atoms with E-state index >= 15 is 0 Å². The number of aromatic nitrogens is 3. The highest BCUT2D eigenvalue weighted by atomic mass is 19.1. The highest BCUT2D eigenvalue weighted by molar-refractivity contribution is 5.58. The molecule has 4 nitrogen and oxygen atoms in total. The van der Waals surface area contributed by atoms with Crippen LogP contribution >= 0.6 is 0 Å². The first-order valence-electron chi connectivity index (χ1n) is 8.66. The fourth-order valence-electron chi connectivity index (χ4n) is 3.55. The maximum Gasteiger partial charge on any atom is 0.128 e. The molecule has 1 aromatic carbocycles. The standard InChI is InChI=1S/C20H21FN4/c1-24-14-18(16-5-4-6-17(21)13-16)23-20(24)15-8-11-25(12-9-15)19-7-2-3-10-22-19/h2-7,10,13-15H,8-9,11-12H2,1H3. The van der Waals surface area contributed by atoms with E-state index in [2.05, 4.69) is 20.5 Å². The molecular formula is C20H21FN4. The third-order valence-electron chi connectivity index (χ3n) is 4.87. The number of anilines is 1. The topological polar surface area (TPSA) is 34.0 Å². The molecule has 0 atom stereocenters. The van der Waals surface area contributed by atoms with Gasteiger partial charge < -0.3 is 9.47 Å². The lowest BCUT2D eigenvalue weighted by Gasteiger charge is -2.32. The molecule has 0 aliphatic carbocycles. The largest absolute Gasteiger partial charge is 0.357 e. The van der Waals surface area contributed by atoms with E-state index < -0.39 is 0 Å². The molecule has 0 saturated carbocycles. The van der Waals surface area contributed by atoms with Gasteiger partial charge in [-0.05, 0) is 37.1 Å². The van der Waals surface area contributed by atoms with Gasteiger partial charge in [-0.25, -0.2) is 14.4 Å². The number of hydrogen-bond donors (Lipinski definition) is 0. The predicted molar refractivity (Wildman–Crippen MR) is 97.0 cm³/mol. The molecule has 25 heavy (non-hydrogen) atoms. The molecule has 3 aromatic rings. The second kappa shape index (κ2) is 6.67. The minimum Gasteiger partial charge on any atom is -0.357 e. The maximum absolute atomic E-state index is 13.5. The van der Waals surface area contributed by atoms with Gasteiger partial charge in [0.15, 0.2) is 0 Å². The Morgan fingerprint density at radius 2 is 1.92 bits per heavy atom. The first kappa shape index (κ1) is 15.8. The Kier molecular flexibility index (Phi) is 4.22. The van der Waals surface area contributed by atoms with Crippen LogP contribution < -0.4 is 4.90 Å². The van der Waals surface area contributed by atoms with Gasteiger partial charge in [0.05, 0.1) is 5.69 Å². The molecule has 128 valence electrons. The Balaban J connectivity index is 1.50. The maximum atomic E-state index is 13.5. The van der Waals surface area contributed by atoms with Crippen LogP contribution in [0.2, 0.25) is 0 Å². The van der Waals surface area contributed by atoms with Crippen molar-refractivity contribution >= 4 is 5.82 Å². The molecule has 0 unspecified atom stereocenters. The average Bonchev–Trinajstić information content (AvgIpc) is 3.04. The molecule has 1 aliphatic heterocycles. The Labute approximate surface area is 147 Å². The molecule has 0 bridgehead atoms. The third-order valence-corrected chi connectivity index (χ3v) is 4.87. The van der Waals surface area contributed by atoms with Crippen molar-refractivity contribution in [2.75, 3.05) is 18.0 Å². The summed E-state index contributed by atoms with van der Waals surface area (Å²) in [4.78, 5) is 11.6. The number of imidazole rings is 1. The zero-order valence-electron chi connectivity index (χ0n) is 14.3. The second-order valence-corrected chi connectivity index (χ2v) is 6.55. The molecule has 0 amide bonds. The Hall–Kier alpha value is -2.69. The number of benzene rings is 1. The summed E-state index contributed by atoms with van der Waals surface area (Å²) < 4.78 is 15.6. The van der Waals surface area contributed by atoms with Crippen LogP contribution in [0.4, 0.5) is 10.2 Å². The lowest BCUT2D eigenvalue weighted by atomic mass is 9.96. The summed E-state index contributed by atoms with van der Waals surface area (Å²) in [6, 6.07) is 12.7. The van der Waals surface area contributed by atoms with Crippen molar-refractivity contribution in [3.8, 4) is 11.3 Å². The summed E-state index contributed by atoms with van der Waals surface area (Å²) in [5.41, 5.74) is 1.66. The van der Waals surface area contributed by atoms with E-state index in [9.17, 15) is 4.39 Å². The normalized spacial score (nSPS) is 15.5. The number of rotatable bonds is 3. The Bertz CT molecular complexity index is 851. The van der Waals surface area contributed by atoms with Gasteiger partial charge in [0.1, 0.15) is 17.5 Å². The van der Waals surface area contributed by atoms with Gasteiger partial charge in [-0.15, -0.1) is 0 Å². The SMILES string of the molecule is Cn1cc(-c2cccc(F)c2)nc1C1CCN(c2ccccn2)CC1. The van der Waals surface area contributed by atoms with Gasteiger partial charge in [0, 0.05) is 44.0 Å². The van der Waals surface area contributed by atoms with E-state index in [0.717, 1.165) is 48.8 Å². The number of aryl methyl sites for hydroxylation is 1. The van der Waals surface area contributed by atoms with Crippen LogP contribution in [-0.2, 0) is 7.05 Å². The number of piperidine rings is 1. The summed E-state index contributed by atoms with van der Waals surface area (Å²) in [7, 11) is 2.02. The summed E-state index contributed by atoms with van der Waals surface area (Å²) in [6.45, 7) is 1.95. The van der Waals surface area contributed by atoms with Gasteiger partial charge in [-0.1, -0.05) is 18.2 Å². The molecule has 1 aliphatic rings. The minimum absolute atomic E-state index is 0.228. The van der Waals surface area contributed by atoms with Crippen molar-refractivity contribution in [1.82, 2.24) is 14.5 Å². The lowest BCUT2D eigenvalue weighted by molar-refractivity contribution is 0.473. The Morgan fingerprint density at radius 3 is 2.64 bits per heavy atom. The van der Waals surface area contributed by atoms with Crippen molar-refractivity contribution < 1.29 is 4.39 Å². The van der Waals surface area contributed by atoms with Crippen LogP contribution in [0.1, 0.15) is 24.6 Å². The van der Waals surface area contributed by atoms with Crippen molar-refractivity contribution in [1.29, 1.82) is 0 Å². The fourth-order valence-corrected chi connectivity index (χ4v) is 3.55. The second-order valence-electron chi connectivity index (χ2n) is 6.55. The molecule has 3 heterocycles. The van der Waals surface area contributed by atoms with E-state index in [4.69, 9.17) is 4.98 Å². The number of nitrogens with zero attached hydrogens (tertiary/aromatic N) is 4. The fraction of sp³-hybridized carbons (Fsp3) is 0.300. The molecular weight excluding hydrogens is 315 g/mol. The van der Waals surface area contributed by atoms with E-state index in [-0.39, 0.29) is 5.82 Å². The molecule has 1 saturated heterocycles. The highest BCUT2D eigenvalue weighted by Gasteiger charge is 2.25. The van der Waals surface area contributed by atoms with Gasteiger partial charge in [0.25, 0.3) is 0 Å². The highest BCUT2D eigenvalue weighted by Crippen LogP contribution is 2.31. The van der Waals surface area contributed by atoms with Gasteiger partial charge in [-0.2, -0.15) is 0 Å². The zero-order valence-corrected chi connectivity index (χ0v) is 14.3. The van der Waals surface area contributed by atoms with E-state index in [1.807, 2.05) is 37.6 Å². The first-order valence-corrected chi connectivity index (χ1v) is 8.66. The minimum atomic E-state index is -0.228. The molecule has 2 aromatic heterocycles. The van der Waals surface area contributed by atoms with Crippen molar-refractivity contribution in [2.45, 2.75) is 18.8 Å².